The summed E-state index contributed by atoms with van der Waals surface area (Å²) in [6.45, 7) is 4.55. The Labute approximate surface area is 200 Å². The molecule has 5 heteroatoms. The number of thioether (sulfide) groups is 1. The van der Waals surface area contributed by atoms with Gasteiger partial charge in [-0.2, -0.15) is 16.3 Å². The Kier molecular flexibility index (Phi) is 19.6. The lowest BCUT2D eigenvalue weighted by atomic mass is 10.0. The van der Waals surface area contributed by atoms with E-state index in [1.165, 1.54) is 115 Å². The van der Waals surface area contributed by atoms with E-state index in [4.69, 9.17) is 4.74 Å². The monoisotopic (exact) mass is 470 g/mol. The number of nitrogens with zero attached hydrogens (tertiary/aromatic N) is 1. The molecule has 0 amide bonds. The molecule has 0 saturated carbocycles. The maximum atomic E-state index is 11.3. The second-order valence-corrected chi connectivity index (χ2v) is 10.7. The van der Waals surface area contributed by atoms with Gasteiger partial charge in [0.1, 0.15) is 0 Å². The predicted molar refractivity (Wildman–Crippen MR) is 137 cm³/mol. The van der Waals surface area contributed by atoms with Gasteiger partial charge in [-0.05, 0) is 12.2 Å². The van der Waals surface area contributed by atoms with Crippen molar-refractivity contribution >= 4 is 29.1 Å². The van der Waals surface area contributed by atoms with Crippen LogP contribution in [0.1, 0.15) is 117 Å². The molecule has 0 radical (unpaired) electrons. The topological polar surface area (TPSA) is 30.2 Å². The average molecular weight is 471 g/mol. The highest BCUT2D eigenvalue weighted by molar-refractivity contribution is 7.99. The Morgan fingerprint density at radius 3 is 1.84 bits per heavy atom. The van der Waals surface area contributed by atoms with Crippen LogP contribution in [0.2, 0.25) is 0 Å². The number of rotatable bonds is 22. The molecule has 1 atom stereocenters. The van der Waals surface area contributed by atoms with Crippen molar-refractivity contribution in [3.8, 4) is 0 Å². The van der Waals surface area contributed by atoms with Crippen molar-refractivity contribution < 1.29 is 14.1 Å². The number of unbranched alkanes of at least 4 members (excludes halogenated alkanes) is 15. The van der Waals surface area contributed by atoms with Gasteiger partial charge in [0, 0.05) is 12.7 Å². The molecule has 1 aromatic rings. The highest BCUT2D eigenvalue weighted by Crippen LogP contribution is 2.15. The summed E-state index contributed by atoms with van der Waals surface area (Å²) in [5.74, 6) is 1.88. The molecule has 0 aliphatic heterocycles. The van der Waals surface area contributed by atoms with Gasteiger partial charge < -0.3 is 4.74 Å². The highest BCUT2D eigenvalue weighted by Gasteiger charge is 2.17. The first kappa shape index (κ1) is 28.5. The van der Waals surface area contributed by atoms with Gasteiger partial charge in [-0.1, -0.05) is 115 Å². The zero-order valence-electron chi connectivity index (χ0n) is 20.3. The number of aromatic nitrogens is 1. The number of thiazole rings is 1. The van der Waals surface area contributed by atoms with Crippen LogP contribution in [0.15, 0.2) is 17.1 Å². The second-order valence-electron chi connectivity index (χ2n) is 8.83. The van der Waals surface area contributed by atoms with Crippen LogP contribution in [-0.4, -0.2) is 23.6 Å². The molecule has 0 saturated heterocycles. The molecule has 180 valence electrons. The summed E-state index contributed by atoms with van der Waals surface area (Å²) in [5.41, 5.74) is 2.07. The van der Waals surface area contributed by atoms with Crippen molar-refractivity contribution in [2.24, 2.45) is 0 Å². The van der Waals surface area contributed by atoms with E-state index in [1.54, 1.807) is 11.3 Å². The Hall–Kier alpha value is -0.550. The molecule has 0 fully saturated rings. The molecule has 3 nitrogen and oxygen atoms in total. The largest absolute Gasteiger partial charge is 0.455 e. The van der Waals surface area contributed by atoms with Crippen LogP contribution in [0.3, 0.4) is 0 Å². The van der Waals surface area contributed by atoms with E-state index in [1.807, 2.05) is 18.0 Å². The van der Waals surface area contributed by atoms with Crippen LogP contribution in [0.5, 0.6) is 0 Å². The normalized spacial score (nSPS) is 12.2. The number of esters is 1. The number of hydrogen-bond donors (Lipinski definition) is 0. The van der Waals surface area contributed by atoms with E-state index >= 15 is 0 Å². The third kappa shape index (κ3) is 18.7. The molecular weight excluding hydrogens is 422 g/mol. The molecule has 31 heavy (non-hydrogen) atoms. The van der Waals surface area contributed by atoms with Crippen molar-refractivity contribution in [2.45, 2.75) is 129 Å². The van der Waals surface area contributed by atoms with Crippen molar-refractivity contribution in [1.82, 2.24) is 0 Å². The van der Waals surface area contributed by atoms with E-state index in [-0.39, 0.29) is 12.1 Å². The first-order valence-electron chi connectivity index (χ1n) is 12.9. The molecular formula is C26H48NO2S2+. The fourth-order valence-corrected chi connectivity index (χ4v) is 5.55. The molecule has 0 N–H and O–H groups in total. The lowest BCUT2D eigenvalue weighted by Crippen LogP contribution is -2.40. The van der Waals surface area contributed by atoms with Crippen LogP contribution in [0.25, 0.3) is 0 Å². The van der Waals surface area contributed by atoms with E-state index in [0.29, 0.717) is 0 Å². The third-order valence-electron chi connectivity index (χ3n) is 5.72. The van der Waals surface area contributed by atoms with Gasteiger partial charge in [0.15, 0.2) is 18.8 Å². The summed E-state index contributed by atoms with van der Waals surface area (Å²) in [6, 6.07) is 0. The molecule has 0 spiro atoms. The van der Waals surface area contributed by atoms with Crippen LogP contribution in [0.4, 0.5) is 0 Å². The highest BCUT2D eigenvalue weighted by atomic mass is 32.2. The summed E-state index contributed by atoms with van der Waals surface area (Å²) < 4.78 is 7.59. The van der Waals surface area contributed by atoms with Crippen molar-refractivity contribution in [3.63, 3.8) is 0 Å². The third-order valence-corrected chi connectivity index (χ3v) is 7.58. The zero-order valence-corrected chi connectivity index (χ0v) is 22.0. The minimum atomic E-state index is -0.177. The summed E-state index contributed by atoms with van der Waals surface area (Å²) in [4.78, 5) is 11.3. The standard InChI is InChI=1S/C26H48NO2S2/c1-3-4-5-6-7-8-9-10-11-12-13-14-15-16-17-18-20-30-23-26(29-25(2)28)22-27-19-21-31-24-27/h19,21,24,26H,3-18,20,22-23H2,1-2H3/q+1. The molecule has 0 aliphatic rings. The van der Waals surface area contributed by atoms with E-state index in [0.717, 1.165) is 12.3 Å². The molecule has 0 aromatic carbocycles. The van der Waals surface area contributed by atoms with Gasteiger partial charge in [0.05, 0.1) is 5.38 Å². The SMILES string of the molecule is CCCCCCCCCCCCCCCCCCSCC(C[n+]1ccsc1)OC(C)=O. The summed E-state index contributed by atoms with van der Waals surface area (Å²) in [6.07, 6.45) is 24.6. The molecule has 1 aromatic heterocycles. The zero-order chi connectivity index (χ0) is 22.4. The molecule has 1 rings (SSSR count). The fraction of sp³-hybridized carbons (Fsp3) is 0.846. The van der Waals surface area contributed by atoms with Gasteiger partial charge >= 0.3 is 5.97 Å². The molecule has 0 bridgehead atoms. The Morgan fingerprint density at radius 2 is 1.39 bits per heavy atom. The van der Waals surface area contributed by atoms with Crippen LogP contribution in [0, 0.1) is 0 Å². The quantitative estimate of drug-likeness (QED) is 0.0978. The Balaban J connectivity index is 1.83. The number of carbonyl (C=O) groups excluding carboxylic acids is 1. The van der Waals surface area contributed by atoms with Crippen molar-refractivity contribution in [2.75, 3.05) is 11.5 Å². The average Bonchev–Trinajstić information content (AvgIpc) is 3.25. The summed E-state index contributed by atoms with van der Waals surface area (Å²) >= 11 is 3.59. The van der Waals surface area contributed by atoms with Gasteiger partial charge in [0.2, 0.25) is 5.51 Å². The summed E-state index contributed by atoms with van der Waals surface area (Å²) in [7, 11) is 0. The molecule has 1 heterocycles. The predicted octanol–water partition coefficient (Wildman–Crippen LogP) is 7.96. The van der Waals surface area contributed by atoms with Gasteiger partial charge in [-0.3, -0.25) is 4.79 Å². The van der Waals surface area contributed by atoms with Gasteiger partial charge in [-0.25, -0.2) is 0 Å². The number of ether oxygens (including phenoxy) is 1. The smallest absolute Gasteiger partial charge is 0.303 e. The second kappa shape index (κ2) is 21.3. The van der Waals surface area contributed by atoms with Crippen LogP contribution >= 0.6 is 23.1 Å². The minimum Gasteiger partial charge on any atom is -0.455 e. The van der Waals surface area contributed by atoms with E-state index in [2.05, 4.69) is 22.4 Å². The first-order chi connectivity index (χ1) is 15.2. The number of carbonyl (C=O) groups is 1. The van der Waals surface area contributed by atoms with Crippen molar-refractivity contribution in [3.05, 3.63) is 17.1 Å². The van der Waals surface area contributed by atoms with Gasteiger partial charge in [-0.15, -0.1) is 0 Å². The first-order valence-corrected chi connectivity index (χ1v) is 15.0. The lowest BCUT2D eigenvalue weighted by molar-refractivity contribution is -0.697. The maximum Gasteiger partial charge on any atom is 0.303 e. The summed E-state index contributed by atoms with van der Waals surface area (Å²) in [5, 5.41) is 2.05. The van der Waals surface area contributed by atoms with E-state index in [9.17, 15) is 4.79 Å². The van der Waals surface area contributed by atoms with Crippen LogP contribution in [-0.2, 0) is 16.1 Å². The van der Waals surface area contributed by atoms with Crippen LogP contribution < -0.4 is 4.57 Å². The minimum absolute atomic E-state index is 0.0249. The van der Waals surface area contributed by atoms with Gasteiger partial charge in [0.25, 0.3) is 0 Å². The Bertz CT molecular complexity index is 508. The lowest BCUT2D eigenvalue weighted by Gasteiger charge is -2.13. The Morgan fingerprint density at radius 1 is 0.871 bits per heavy atom. The maximum absolute atomic E-state index is 11.3. The number of hydrogen-bond acceptors (Lipinski definition) is 4. The van der Waals surface area contributed by atoms with E-state index < -0.39 is 0 Å². The molecule has 0 aliphatic carbocycles. The van der Waals surface area contributed by atoms with Crippen molar-refractivity contribution in [1.29, 1.82) is 0 Å². The fourth-order valence-electron chi connectivity index (χ4n) is 3.93. The molecule has 1 unspecified atom stereocenters.